The maximum absolute atomic E-state index is 6.23. The molecular weight excluding hydrogens is 290 g/mol. The highest BCUT2D eigenvalue weighted by molar-refractivity contribution is 6.32. The van der Waals surface area contributed by atoms with Gasteiger partial charge in [-0.25, -0.2) is 0 Å². The highest BCUT2D eigenvalue weighted by Gasteiger charge is 2.10. The van der Waals surface area contributed by atoms with Gasteiger partial charge in [-0.15, -0.1) is 0 Å². The lowest BCUT2D eigenvalue weighted by atomic mass is 10.1. The van der Waals surface area contributed by atoms with E-state index in [4.69, 9.17) is 20.9 Å². The van der Waals surface area contributed by atoms with Crippen molar-refractivity contribution in [1.82, 2.24) is 15.5 Å². The fourth-order valence-corrected chi connectivity index (χ4v) is 1.93. The van der Waals surface area contributed by atoms with E-state index in [0.717, 1.165) is 12.1 Å². The molecule has 114 valence electrons. The molecule has 0 unspecified atom stereocenters. The zero-order valence-corrected chi connectivity index (χ0v) is 13.5. The zero-order valence-electron chi connectivity index (χ0n) is 12.7. The molecule has 1 heterocycles. The molecule has 1 N–H and O–H groups in total. The summed E-state index contributed by atoms with van der Waals surface area (Å²) in [6.07, 6.45) is 0. The fourth-order valence-electron chi connectivity index (χ4n) is 1.68. The number of nitrogens with zero attached hydrogens (tertiary/aromatic N) is 2. The molecule has 0 saturated heterocycles. The normalized spacial score (nSPS) is 11.7. The Morgan fingerprint density at radius 2 is 2.10 bits per heavy atom. The first-order valence-electron chi connectivity index (χ1n) is 6.79. The van der Waals surface area contributed by atoms with Gasteiger partial charge in [0.2, 0.25) is 0 Å². The van der Waals surface area contributed by atoms with E-state index in [-0.39, 0.29) is 12.1 Å². The molecule has 5 nitrogen and oxygen atoms in total. The Balaban J connectivity index is 1.95. The highest BCUT2D eigenvalue weighted by atomic mass is 35.5. The average molecular weight is 310 g/mol. The van der Waals surface area contributed by atoms with E-state index in [9.17, 15) is 0 Å². The van der Waals surface area contributed by atoms with Gasteiger partial charge in [-0.2, -0.15) is 4.98 Å². The first-order chi connectivity index (χ1) is 9.83. The van der Waals surface area contributed by atoms with Crippen LogP contribution in [0.2, 0.25) is 5.02 Å². The van der Waals surface area contributed by atoms with E-state index in [2.05, 4.69) is 36.2 Å². The van der Waals surface area contributed by atoms with Gasteiger partial charge in [0, 0.05) is 12.1 Å². The molecule has 2 aromatic rings. The Kier molecular flexibility index (Phi) is 4.85. The predicted octanol–water partition coefficient (Wildman–Crippen LogP) is 3.50. The van der Waals surface area contributed by atoms with E-state index in [1.165, 1.54) is 0 Å². The lowest BCUT2D eigenvalue weighted by Crippen LogP contribution is -2.35. The van der Waals surface area contributed by atoms with Crippen molar-refractivity contribution in [2.45, 2.75) is 46.4 Å². The number of aryl methyl sites for hydroxylation is 1. The van der Waals surface area contributed by atoms with Crippen molar-refractivity contribution in [2.75, 3.05) is 0 Å². The molecule has 0 radical (unpaired) electrons. The molecule has 0 aliphatic heterocycles. The van der Waals surface area contributed by atoms with Crippen LogP contribution in [0.4, 0.5) is 0 Å². The molecular formula is C15H20ClN3O2. The van der Waals surface area contributed by atoms with Crippen LogP contribution in [0.1, 0.15) is 38.0 Å². The summed E-state index contributed by atoms with van der Waals surface area (Å²) in [6.45, 7) is 9.10. The third-order valence-electron chi connectivity index (χ3n) is 2.74. The number of rotatable bonds is 5. The summed E-state index contributed by atoms with van der Waals surface area (Å²) in [7, 11) is 0. The Labute approximate surface area is 129 Å². The molecule has 2 rings (SSSR count). The second kappa shape index (κ2) is 6.45. The average Bonchev–Trinajstić information content (AvgIpc) is 2.80. The standard InChI is InChI=1S/C15H20ClN3O2/c1-10-18-14(21-19-10)9-20-13-6-5-11(7-12(13)16)8-17-15(2,3)4/h5-7,17H,8-9H2,1-4H3. The van der Waals surface area contributed by atoms with Crippen LogP contribution in [0.15, 0.2) is 22.7 Å². The van der Waals surface area contributed by atoms with Crippen LogP contribution in [0.25, 0.3) is 0 Å². The highest BCUT2D eigenvalue weighted by Crippen LogP contribution is 2.26. The van der Waals surface area contributed by atoms with E-state index in [1.807, 2.05) is 18.2 Å². The summed E-state index contributed by atoms with van der Waals surface area (Å²) in [4.78, 5) is 4.07. The Morgan fingerprint density at radius 3 is 2.67 bits per heavy atom. The summed E-state index contributed by atoms with van der Waals surface area (Å²) in [5.74, 6) is 1.62. The fraction of sp³-hybridized carbons (Fsp3) is 0.467. The maximum Gasteiger partial charge on any atom is 0.264 e. The number of aromatic nitrogens is 2. The third kappa shape index (κ3) is 5.02. The maximum atomic E-state index is 6.23. The lowest BCUT2D eigenvalue weighted by Gasteiger charge is -2.20. The van der Waals surface area contributed by atoms with Crippen molar-refractivity contribution < 1.29 is 9.26 Å². The topological polar surface area (TPSA) is 60.2 Å². The van der Waals surface area contributed by atoms with Crippen LogP contribution in [0.5, 0.6) is 5.75 Å². The molecule has 0 spiro atoms. The number of halogens is 1. The molecule has 6 heteroatoms. The molecule has 0 aliphatic rings. The smallest absolute Gasteiger partial charge is 0.264 e. The van der Waals surface area contributed by atoms with Gasteiger partial charge in [0.25, 0.3) is 5.89 Å². The monoisotopic (exact) mass is 309 g/mol. The number of benzene rings is 1. The Hall–Kier alpha value is -1.59. The van der Waals surface area contributed by atoms with Gasteiger partial charge in [-0.05, 0) is 45.4 Å². The molecule has 0 bridgehead atoms. The lowest BCUT2D eigenvalue weighted by molar-refractivity contribution is 0.242. The van der Waals surface area contributed by atoms with Gasteiger partial charge in [0.15, 0.2) is 12.4 Å². The van der Waals surface area contributed by atoms with E-state index in [1.54, 1.807) is 6.92 Å². The van der Waals surface area contributed by atoms with Crippen LogP contribution in [-0.2, 0) is 13.2 Å². The second-order valence-corrected chi connectivity index (χ2v) is 6.30. The predicted molar refractivity (Wildman–Crippen MR) is 81.4 cm³/mol. The van der Waals surface area contributed by atoms with Crippen LogP contribution >= 0.6 is 11.6 Å². The number of hydrogen-bond acceptors (Lipinski definition) is 5. The molecule has 0 aliphatic carbocycles. The summed E-state index contributed by atoms with van der Waals surface area (Å²) < 4.78 is 10.6. The van der Waals surface area contributed by atoms with Crippen molar-refractivity contribution in [3.8, 4) is 5.75 Å². The summed E-state index contributed by atoms with van der Waals surface area (Å²) >= 11 is 6.23. The Morgan fingerprint density at radius 1 is 1.33 bits per heavy atom. The second-order valence-electron chi connectivity index (χ2n) is 5.89. The minimum atomic E-state index is 0.0669. The number of nitrogens with one attached hydrogen (secondary N) is 1. The summed E-state index contributed by atoms with van der Waals surface area (Å²) in [5, 5.41) is 7.69. The van der Waals surface area contributed by atoms with Crippen LogP contribution in [-0.4, -0.2) is 15.7 Å². The molecule has 21 heavy (non-hydrogen) atoms. The number of ether oxygens (including phenoxy) is 1. The molecule has 0 saturated carbocycles. The molecule has 0 fully saturated rings. The van der Waals surface area contributed by atoms with E-state index < -0.39 is 0 Å². The van der Waals surface area contributed by atoms with Crippen molar-refractivity contribution in [3.63, 3.8) is 0 Å². The van der Waals surface area contributed by atoms with Crippen LogP contribution in [0.3, 0.4) is 0 Å². The minimum Gasteiger partial charge on any atom is -0.482 e. The third-order valence-corrected chi connectivity index (χ3v) is 3.04. The first kappa shape index (κ1) is 15.8. The largest absolute Gasteiger partial charge is 0.482 e. The minimum absolute atomic E-state index is 0.0669. The van der Waals surface area contributed by atoms with Crippen molar-refractivity contribution >= 4 is 11.6 Å². The quantitative estimate of drug-likeness (QED) is 0.916. The van der Waals surface area contributed by atoms with Crippen molar-refractivity contribution in [2.24, 2.45) is 0 Å². The van der Waals surface area contributed by atoms with Gasteiger partial charge < -0.3 is 14.6 Å². The summed E-state index contributed by atoms with van der Waals surface area (Å²) in [5.41, 5.74) is 1.17. The first-order valence-corrected chi connectivity index (χ1v) is 7.17. The summed E-state index contributed by atoms with van der Waals surface area (Å²) in [6, 6.07) is 5.74. The van der Waals surface area contributed by atoms with Gasteiger partial charge in [-0.1, -0.05) is 22.8 Å². The molecule has 1 aromatic heterocycles. The van der Waals surface area contributed by atoms with Crippen molar-refractivity contribution in [1.29, 1.82) is 0 Å². The Bertz CT molecular complexity index is 605. The molecule has 0 atom stereocenters. The van der Waals surface area contributed by atoms with E-state index >= 15 is 0 Å². The van der Waals surface area contributed by atoms with Gasteiger partial charge >= 0.3 is 0 Å². The number of hydrogen-bond donors (Lipinski definition) is 1. The molecule has 1 aromatic carbocycles. The zero-order chi connectivity index (χ0) is 15.5. The SMILES string of the molecule is Cc1noc(COc2ccc(CNC(C)(C)C)cc2Cl)n1. The van der Waals surface area contributed by atoms with Gasteiger partial charge in [0.05, 0.1) is 5.02 Å². The van der Waals surface area contributed by atoms with Gasteiger partial charge in [-0.3, -0.25) is 0 Å². The van der Waals surface area contributed by atoms with Gasteiger partial charge in [0.1, 0.15) is 5.75 Å². The van der Waals surface area contributed by atoms with E-state index in [0.29, 0.717) is 22.5 Å². The molecule has 0 amide bonds. The van der Waals surface area contributed by atoms with Crippen molar-refractivity contribution in [3.05, 3.63) is 40.5 Å². The van der Waals surface area contributed by atoms with Crippen LogP contribution in [0, 0.1) is 6.92 Å². The van der Waals surface area contributed by atoms with Crippen LogP contribution < -0.4 is 10.1 Å².